The van der Waals surface area contributed by atoms with Crippen LogP contribution in [0.4, 0.5) is 0 Å². The maximum atomic E-state index is 9.45. The zero-order valence-electron chi connectivity index (χ0n) is 5.72. The average Bonchev–Trinajstić information content (AvgIpc) is 1.89. The van der Waals surface area contributed by atoms with Crippen molar-refractivity contribution in [3.63, 3.8) is 0 Å². The van der Waals surface area contributed by atoms with E-state index in [9.17, 15) is 4.79 Å². The van der Waals surface area contributed by atoms with Crippen LogP contribution in [0.25, 0.3) is 0 Å². The van der Waals surface area contributed by atoms with Crippen LogP contribution in [0.5, 0.6) is 0 Å². The molecule has 6 heteroatoms. The molecule has 0 bridgehead atoms. The molecule has 0 aromatic rings. The summed E-state index contributed by atoms with van der Waals surface area (Å²) in [6.07, 6.45) is -1.40. The number of aliphatic carboxylic acids is 2. The Kier molecular flexibility index (Phi) is 7.46. The predicted molar refractivity (Wildman–Crippen MR) is 33.0 cm³/mol. The van der Waals surface area contributed by atoms with Crippen molar-refractivity contribution < 1.29 is 29.7 Å². The molecule has 11 heavy (non-hydrogen) atoms. The fraction of sp³-hybridized carbons (Fsp3) is 0.400. The first-order valence-electron chi connectivity index (χ1n) is 2.50. The predicted octanol–water partition coefficient (Wildman–Crippen LogP) is -1.28. The van der Waals surface area contributed by atoms with E-state index in [2.05, 4.69) is 0 Å². The number of hydrogen-bond acceptors (Lipinski definition) is 4. The van der Waals surface area contributed by atoms with E-state index in [4.69, 9.17) is 24.9 Å². The van der Waals surface area contributed by atoms with Gasteiger partial charge in [-0.25, -0.2) is 9.59 Å². The van der Waals surface area contributed by atoms with E-state index in [0.29, 0.717) is 0 Å². The summed E-state index contributed by atoms with van der Waals surface area (Å²) in [7, 11) is 0. The van der Waals surface area contributed by atoms with Gasteiger partial charge in [0.25, 0.3) is 0 Å². The van der Waals surface area contributed by atoms with Crippen LogP contribution in [0.3, 0.4) is 0 Å². The topological polar surface area (TPSA) is 112 Å². The van der Waals surface area contributed by atoms with Crippen LogP contribution >= 0.6 is 0 Å². The van der Waals surface area contributed by atoms with Gasteiger partial charge in [0.1, 0.15) is 6.10 Å². The van der Waals surface area contributed by atoms with Crippen molar-refractivity contribution >= 4 is 18.2 Å². The normalized spacial score (nSPS) is 10.4. The van der Waals surface area contributed by atoms with Crippen molar-refractivity contribution in [1.82, 2.24) is 0 Å². The lowest BCUT2D eigenvalue weighted by molar-refractivity contribution is -0.145. The number of aliphatic hydroxyl groups excluding tert-OH is 1. The fourth-order valence-electron chi connectivity index (χ4n) is 0. The molecular formula is C5H8O6. The Morgan fingerprint density at radius 3 is 1.55 bits per heavy atom. The van der Waals surface area contributed by atoms with Crippen molar-refractivity contribution in [2.75, 3.05) is 0 Å². The standard InChI is InChI=1S/C3H6O3.C2H2O3/c1-2(4)3(5)6;3-1-2(4)5/h2,4H,1H3,(H,5,6);1H,(H,4,5). The molecule has 0 rings (SSSR count). The van der Waals surface area contributed by atoms with Gasteiger partial charge in [0.2, 0.25) is 6.29 Å². The number of carbonyl (C=O) groups is 3. The molecule has 0 spiro atoms. The molecule has 64 valence electrons. The van der Waals surface area contributed by atoms with E-state index in [-0.39, 0.29) is 6.29 Å². The Balaban J connectivity index is 0. The lowest BCUT2D eigenvalue weighted by Gasteiger charge is -1.89. The summed E-state index contributed by atoms with van der Waals surface area (Å²) in [6, 6.07) is 0. The highest BCUT2D eigenvalue weighted by atomic mass is 16.4. The Bertz CT molecular complexity index is 149. The smallest absolute Gasteiger partial charge is 0.368 e. The van der Waals surface area contributed by atoms with Gasteiger partial charge in [-0.15, -0.1) is 0 Å². The second-order valence-corrected chi connectivity index (χ2v) is 1.47. The van der Waals surface area contributed by atoms with Gasteiger partial charge >= 0.3 is 11.9 Å². The largest absolute Gasteiger partial charge is 0.479 e. The second-order valence-electron chi connectivity index (χ2n) is 1.47. The van der Waals surface area contributed by atoms with Crippen LogP contribution < -0.4 is 0 Å². The second kappa shape index (κ2) is 6.69. The monoisotopic (exact) mass is 164 g/mol. The summed E-state index contributed by atoms with van der Waals surface area (Å²) in [4.78, 5) is 27.4. The average molecular weight is 164 g/mol. The third-order valence-corrected chi connectivity index (χ3v) is 0.458. The van der Waals surface area contributed by atoms with Crippen LogP contribution in [0, 0.1) is 0 Å². The third-order valence-electron chi connectivity index (χ3n) is 0.458. The SMILES string of the molecule is CC(O)C(=O)O.O=CC(=O)O. The van der Waals surface area contributed by atoms with Crippen molar-refractivity contribution in [3.05, 3.63) is 0 Å². The zero-order valence-corrected chi connectivity index (χ0v) is 5.72. The minimum Gasteiger partial charge on any atom is -0.479 e. The van der Waals surface area contributed by atoms with E-state index in [0.717, 1.165) is 0 Å². The quantitative estimate of drug-likeness (QED) is 0.346. The van der Waals surface area contributed by atoms with Crippen molar-refractivity contribution in [3.8, 4) is 0 Å². The Labute approximate surface area is 62.1 Å². The summed E-state index contributed by atoms with van der Waals surface area (Å²) in [5, 5.41) is 23.1. The van der Waals surface area contributed by atoms with Gasteiger partial charge in [0.05, 0.1) is 0 Å². The highest BCUT2D eigenvalue weighted by Gasteiger charge is 2.01. The fourth-order valence-corrected chi connectivity index (χ4v) is 0. The number of hydrogen-bond donors (Lipinski definition) is 3. The van der Waals surface area contributed by atoms with Crippen LogP contribution in [-0.2, 0) is 14.4 Å². The van der Waals surface area contributed by atoms with E-state index in [1.807, 2.05) is 0 Å². The first-order chi connectivity index (χ1) is 4.91. The number of rotatable bonds is 2. The minimum atomic E-state index is -1.43. The lowest BCUT2D eigenvalue weighted by atomic mass is 10.4. The van der Waals surface area contributed by atoms with Crippen LogP contribution in [-0.4, -0.2) is 39.6 Å². The van der Waals surface area contributed by atoms with Crippen LogP contribution in [0.1, 0.15) is 6.92 Å². The number of aliphatic hydroxyl groups is 1. The summed E-state index contributed by atoms with van der Waals surface area (Å²) < 4.78 is 0. The molecule has 0 heterocycles. The summed E-state index contributed by atoms with van der Waals surface area (Å²) in [6.45, 7) is 1.20. The van der Waals surface area contributed by atoms with E-state index in [1.165, 1.54) is 6.92 Å². The molecule has 0 aliphatic heterocycles. The maximum Gasteiger partial charge on any atom is 0.368 e. The molecule has 0 aromatic carbocycles. The minimum absolute atomic E-state index is 0.167. The third kappa shape index (κ3) is 17.7. The van der Waals surface area contributed by atoms with Crippen LogP contribution in [0.15, 0.2) is 0 Å². The molecule has 6 nitrogen and oxygen atoms in total. The first-order valence-corrected chi connectivity index (χ1v) is 2.50. The molecule has 0 radical (unpaired) electrons. The Morgan fingerprint density at radius 1 is 1.36 bits per heavy atom. The van der Waals surface area contributed by atoms with Gasteiger partial charge in [0.15, 0.2) is 0 Å². The highest BCUT2D eigenvalue weighted by molar-refractivity contribution is 6.19. The highest BCUT2D eigenvalue weighted by Crippen LogP contribution is 1.73. The molecule has 0 aliphatic carbocycles. The number of carboxylic acid groups (broad SMARTS) is 2. The summed E-state index contributed by atoms with van der Waals surface area (Å²) in [5.74, 6) is -2.61. The molecule has 3 N–H and O–H groups in total. The van der Waals surface area contributed by atoms with Gasteiger partial charge in [-0.05, 0) is 6.92 Å². The van der Waals surface area contributed by atoms with Crippen molar-refractivity contribution in [2.24, 2.45) is 0 Å². The van der Waals surface area contributed by atoms with Gasteiger partial charge in [0, 0.05) is 0 Å². The van der Waals surface area contributed by atoms with E-state index in [1.54, 1.807) is 0 Å². The van der Waals surface area contributed by atoms with Crippen molar-refractivity contribution in [1.29, 1.82) is 0 Å². The molecule has 0 saturated heterocycles. The van der Waals surface area contributed by atoms with E-state index >= 15 is 0 Å². The van der Waals surface area contributed by atoms with Gasteiger partial charge in [-0.1, -0.05) is 0 Å². The molecule has 1 unspecified atom stereocenters. The van der Waals surface area contributed by atoms with Crippen LogP contribution in [0.2, 0.25) is 0 Å². The number of carboxylic acids is 2. The molecule has 1 atom stereocenters. The molecule has 0 saturated carbocycles. The number of aldehydes is 1. The molecular weight excluding hydrogens is 156 g/mol. The summed E-state index contributed by atoms with van der Waals surface area (Å²) in [5.41, 5.74) is 0. The number of carbonyl (C=O) groups excluding carboxylic acids is 1. The van der Waals surface area contributed by atoms with Gasteiger partial charge in [-0.3, -0.25) is 4.79 Å². The van der Waals surface area contributed by atoms with Gasteiger partial charge < -0.3 is 15.3 Å². The van der Waals surface area contributed by atoms with E-state index < -0.39 is 18.0 Å². The maximum absolute atomic E-state index is 9.45. The van der Waals surface area contributed by atoms with Crippen molar-refractivity contribution in [2.45, 2.75) is 13.0 Å². The Hall–Kier alpha value is -1.43. The summed E-state index contributed by atoms with van der Waals surface area (Å²) >= 11 is 0. The first kappa shape index (κ1) is 12.3. The molecule has 0 fully saturated rings. The zero-order chi connectivity index (χ0) is 9.44. The van der Waals surface area contributed by atoms with Gasteiger partial charge in [-0.2, -0.15) is 0 Å². The molecule has 0 aliphatic rings. The molecule has 0 aromatic heterocycles. The Morgan fingerprint density at radius 2 is 1.55 bits per heavy atom. The lowest BCUT2D eigenvalue weighted by Crippen LogP contribution is -2.13. The molecule has 0 amide bonds.